The van der Waals surface area contributed by atoms with Crippen molar-refractivity contribution in [2.45, 2.75) is 24.9 Å². The number of nitrogens with two attached hydrogens (primary N) is 1. The van der Waals surface area contributed by atoms with Crippen LogP contribution in [0.25, 0.3) is 0 Å². The molecule has 110 valence electrons. The van der Waals surface area contributed by atoms with Gasteiger partial charge in [0.2, 0.25) is 0 Å². The van der Waals surface area contributed by atoms with E-state index in [1.807, 2.05) is 6.20 Å². The highest BCUT2D eigenvalue weighted by Gasteiger charge is 2.24. The number of aromatic nitrogens is 2. The highest BCUT2D eigenvalue weighted by Crippen LogP contribution is 2.21. The summed E-state index contributed by atoms with van der Waals surface area (Å²) in [7, 11) is 0. The van der Waals surface area contributed by atoms with E-state index >= 15 is 0 Å². The van der Waals surface area contributed by atoms with Gasteiger partial charge in [-0.05, 0) is 12.8 Å². The first-order valence-electron chi connectivity index (χ1n) is 6.56. The lowest BCUT2D eigenvalue weighted by Gasteiger charge is -2.32. The zero-order chi connectivity index (χ0) is 14.5. The highest BCUT2D eigenvalue weighted by atomic mass is 16.4. The van der Waals surface area contributed by atoms with Gasteiger partial charge in [-0.15, -0.1) is 0 Å². The van der Waals surface area contributed by atoms with Crippen molar-refractivity contribution in [2.75, 3.05) is 19.6 Å². The summed E-state index contributed by atoms with van der Waals surface area (Å²) in [5.74, 6) is -1.12. The van der Waals surface area contributed by atoms with Crippen LogP contribution in [-0.2, 0) is 4.79 Å². The minimum Gasteiger partial charge on any atom is -0.480 e. The largest absolute Gasteiger partial charge is 0.480 e. The predicted molar refractivity (Wildman–Crippen MR) is 71.1 cm³/mol. The predicted octanol–water partition coefficient (Wildman–Crippen LogP) is -0.358. The van der Waals surface area contributed by atoms with Crippen LogP contribution in [0, 0.1) is 0 Å². The number of urea groups is 1. The number of carboxylic acids is 1. The second-order valence-corrected chi connectivity index (χ2v) is 4.86. The van der Waals surface area contributed by atoms with Gasteiger partial charge in [0, 0.05) is 38.1 Å². The van der Waals surface area contributed by atoms with E-state index in [1.54, 1.807) is 17.4 Å². The molecule has 0 aromatic carbocycles. The molecule has 2 amide bonds. The van der Waals surface area contributed by atoms with Crippen LogP contribution in [-0.4, -0.2) is 57.2 Å². The first-order chi connectivity index (χ1) is 9.58. The van der Waals surface area contributed by atoms with Gasteiger partial charge in [0.1, 0.15) is 6.04 Å². The van der Waals surface area contributed by atoms with Gasteiger partial charge in [-0.1, -0.05) is 0 Å². The molecular weight excluding hydrogens is 262 g/mol. The lowest BCUT2D eigenvalue weighted by atomic mass is 10.1. The molecule has 0 radical (unpaired) electrons. The molecule has 4 N–H and O–H groups in total. The molecule has 8 nitrogen and oxygen atoms in total. The Labute approximate surface area is 116 Å². The van der Waals surface area contributed by atoms with E-state index in [2.05, 4.69) is 14.9 Å². The van der Waals surface area contributed by atoms with Crippen LogP contribution in [0.1, 0.15) is 18.9 Å². The SMILES string of the molecule is NC(CNC(=O)N1CCC(n2ccnc2)CC1)C(=O)O. The molecule has 20 heavy (non-hydrogen) atoms. The van der Waals surface area contributed by atoms with Crippen LogP contribution in [0.3, 0.4) is 0 Å². The molecule has 0 saturated carbocycles. The third kappa shape index (κ3) is 3.47. The van der Waals surface area contributed by atoms with Gasteiger partial charge >= 0.3 is 12.0 Å². The molecule has 1 aliphatic rings. The molecule has 0 bridgehead atoms. The molecule has 1 unspecified atom stereocenters. The van der Waals surface area contributed by atoms with Crippen LogP contribution >= 0.6 is 0 Å². The number of aliphatic carboxylic acids is 1. The lowest BCUT2D eigenvalue weighted by Crippen LogP contribution is -2.49. The first kappa shape index (κ1) is 14.3. The summed E-state index contributed by atoms with van der Waals surface area (Å²) < 4.78 is 2.05. The Morgan fingerprint density at radius 2 is 2.15 bits per heavy atom. The van der Waals surface area contributed by atoms with Crippen LogP contribution < -0.4 is 11.1 Å². The van der Waals surface area contributed by atoms with E-state index in [0.29, 0.717) is 19.1 Å². The van der Waals surface area contributed by atoms with Gasteiger partial charge in [-0.25, -0.2) is 9.78 Å². The molecule has 8 heteroatoms. The van der Waals surface area contributed by atoms with Crippen molar-refractivity contribution in [3.05, 3.63) is 18.7 Å². The maximum Gasteiger partial charge on any atom is 0.322 e. The van der Waals surface area contributed by atoms with Crippen LogP contribution in [0.2, 0.25) is 0 Å². The van der Waals surface area contributed by atoms with Crippen molar-refractivity contribution in [3.8, 4) is 0 Å². The van der Waals surface area contributed by atoms with E-state index in [0.717, 1.165) is 12.8 Å². The van der Waals surface area contributed by atoms with Crippen LogP contribution in [0.15, 0.2) is 18.7 Å². The number of carbonyl (C=O) groups excluding carboxylic acids is 1. The highest BCUT2D eigenvalue weighted by molar-refractivity contribution is 5.77. The van der Waals surface area contributed by atoms with Crippen molar-refractivity contribution < 1.29 is 14.7 Å². The molecule has 1 aliphatic heterocycles. The van der Waals surface area contributed by atoms with Crippen LogP contribution in [0.5, 0.6) is 0 Å². The molecular formula is C12H19N5O3. The first-order valence-corrected chi connectivity index (χ1v) is 6.56. The van der Waals surface area contributed by atoms with E-state index in [1.165, 1.54) is 0 Å². The number of likely N-dealkylation sites (tertiary alicyclic amines) is 1. The van der Waals surface area contributed by atoms with Crippen molar-refractivity contribution in [2.24, 2.45) is 5.73 Å². The van der Waals surface area contributed by atoms with Gasteiger partial charge in [0.05, 0.1) is 6.33 Å². The Bertz CT molecular complexity index is 454. The standard InChI is InChI=1S/C12H19N5O3/c13-10(11(18)19)7-15-12(20)16-4-1-9(2-5-16)17-6-3-14-8-17/h3,6,8-10H,1-2,4-5,7,13H2,(H,15,20)(H,18,19). The number of hydrogen-bond donors (Lipinski definition) is 3. The Morgan fingerprint density at radius 1 is 1.45 bits per heavy atom. The molecule has 1 atom stereocenters. The Morgan fingerprint density at radius 3 is 2.70 bits per heavy atom. The molecule has 0 aliphatic carbocycles. The monoisotopic (exact) mass is 281 g/mol. The summed E-state index contributed by atoms with van der Waals surface area (Å²) in [5, 5.41) is 11.2. The van der Waals surface area contributed by atoms with E-state index in [-0.39, 0.29) is 12.6 Å². The van der Waals surface area contributed by atoms with Gasteiger partial charge in [-0.2, -0.15) is 0 Å². The molecule has 0 spiro atoms. The summed E-state index contributed by atoms with van der Waals surface area (Å²) in [6, 6.07) is -0.962. The summed E-state index contributed by atoms with van der Waals surface area (Å²) in [4.78, 5) is 28.1. The van der Waals surface area contributed by atoms with Crippen molar-refractivity contribution >= 4 is 12.0 Å². The van der Waals surface area contributed by atoms with Crippen molar-refractivity contribution in [1.82, 2.24) is 19.8 Å². The Hall–Kier alpha value is -2.09. The number of piperidine rings is 1. The zero-order valence-electron chi connectivity index (χ0n) is 11.1. The molecule has 1 aromatic heterocycles. The summed E-state index contributed by atoms with van der Waals surface area (Å²) in [6.07, 6.45) is 7.16. The van der Waals surface area contributed by atoms with Gasteiger partial charge in [0.15, 0.2) is 0 Å². The minimum atomic E-state index is -1.12. The van der Waals surface area contributed by atoms with E-state index in [4.69, 9.17) is 10.8 Å². The van der Waals surface area contributed by atoms with Gasteiger partial charge < -0.3 is 25.6 Å². The smallest absolute Gasteiger partial charge is 0.322 e. The third-order valence-electron chi connectivity index (χ3n) is 3.49. The topological polar surface area (TPSA) is 113 Å². The van der Waals surface area contributed by atoms with E-state index < -0.39 is 12.0 Å². The van der Waals surface area contributed by atoms with E-state index in [9.17, 15) is 9.59 Å². The summed E-state index contributed by atoms with van der Waals surface area (Å²) >= 11 is 0. The second-order valence-electron chi connectivity index (χ2n) is 4.86. The molecule has 1 saturated heterocycles. The fourth-order valence-electron chi connectivity index (χ4n) is 2.25. The summed E-state index contributed by atoms with van der Waals surface area (Å²) in [6.45, 7) is 1.21. The quantitative estimate of drug-likeness (QED) is 0.697. The maximum atomic E-state index is 11.9. The average molecular weight is 281 g/mol. The van der Waals surface area contributed by atoms with Crippen LogP contribution in [0.4, 0.5) is 4.79 Å². The Balaban J connectivity index is 1.76. The average Bonchev–Trinajstić information content (AvgIpc) is 2.98. The fraction of sp³-hybridized carbons (Fsp3) is 0.583. The number of nitrogens with one attached hydrogen (secondary N) is 1. The fourth-order valence-corrected chi connectivity index (χ4v) is 2.25. The number of rotatable bonds is 4. The molecule has 1 fully saturated rings. The number of hydrogen-bond acceptors (Lipinski definition) is 4. The van der Waals surface area contributed by atoms with Crippen molar-refractivity contribution in [3.63, 3.8) is 0 Å². The number of nitrogens with zero attached hydrogens (tertiary/aromatic N) is 3. The number of carboxylic acid groups (broad SMARTS) is 1. The lowest BCUT2D eigenvalue weighted by molar-refractivity contribution is -0.138. The van der Waals surface area contributed by atoms with Crippen molar-refractivity contribution in [1.29, 1.82) is 0 Å². The Kier molecular flexibility index (Phi) is 4.57. The molecule has 2 rings (SSSR count). The number of amides is 2. The van der Waals surface area contributed by atoms with Gasteiger partial charge in [-0.3, -0.25) is 4.79 Å². The third-order valence-corrected chi connectivity index (χ3v) is 3.49. The minimum absolute atomic E-state index is 0.0599. The number of carbonyl (C=O) groups is 2. The molecule has 1 aromatic rings. The maximum absolute atomic E-state index is 11.9. The molecule has 2 heterocycles. The zero-order valence-corrected chi connectivity index (χ0v) is 11.1. The summed E-state index contributed by atoms with van der Waals surface area (Å²) in [5.41, 5.74) is 5.34. The normalized spacial score (nSPS) is 17.8. The second kappa shape index (κ2) is 6.38. The van der Waals surface area contributed by atoms with Gasteiger partial charge in [0.25, 0.3) is 0 Å². The number of imidazole rings is 1.